The van der Waals surface area contributed by atoms with E-state index < -0.39 is 24.9 Å². The van der Waals surface area contributed by atoms with Crippen molar-refractivity contribution in [2.45, 2.75) is 6.18 Å². The van der Waals surface area contributed by atoms with Crippen LogP contribution in [0.1, 0.15) is 0 Å². The fraction of sp³-hybridized carbons (Fsp3) is 0.500. The standard InChI is InChI=1S/C4H5F3N2O3/c5-4(6,7)1-9-3(11)12-2(8)10/h1H2,(H2,8,10)(H,9,11). The summed E-state index contributed by atoms with van der Waals surface area (Å²) in [5, 5.41) is 1.27. The number of hydrogen-bond donors (Lipinski definition) is 2. The Morgan fingerprint density at radius 2 is 1.92 bits per heavy atom. The highest BCUT2D eigenvalue weighted by atomic mass is 19.4. The van der Waals surface area contributed by atoms with E-state index in [2.05, 4.69) is 10.5 Å². The van der Waals surface area contributed by atoms with Crippen LogP contribution in [0.5, 0.6) is 0 Å². The topological polar surface area (TPSA) is 81.4 Å². The first-order valence-corrected chi connectivity index (χ1v) is 2.63. The monoisotopic (exact) mass is 186 g/mol. The molecule has 0 aliphatic heterocycles. The molecule has 0 aromatic carbocycles. The Morgan fingerprint density at radius 1 is 1.42 bits per heavy atom. The van der Waals surface area contributed by atoms with Crippen LogP contribution in [0.25, 0.3) is 0 Å². The molecule has 0 fully saturated rings. The zero-order valence-electron chi connectivity index (χ0n) is 5.64. The Morgan fingerprint density at radius 3 is 2.25 bits per heavy atom. The van der Waals surface area contributed by atoms with Crippen LogP contribution in [0.2, 0.25) is 0 Å². The van der Waals surface area contributed by atoms with Crippen LogP contribution in [0.3, 0.4) is 0 Å². The molecule has 12 heavy (non-hydrogen) atoms. The van der Waals surface area contributed by atoms with Gasteiger partial charge in [-0.25, -0.2) is 9.59 Å². The minimum Gasteiger partial charge on any atom is -0.360 e. The summed E-state index contributed by atoms with van der Waals surface area (Å²) in [5.41, 5.74) is 4.33. The molecule has 0 aromatic heterocycles. The number of carbonyl (C=O) groups is 2. The minimum absolute atomic E-state index is 1.27. The quantitative estimate of drug-likeness (QED) is 0.580. The lowest BCUT2D eigenvalue weighted by atomic mass is 10.6. The molecule has 0 unspecified atom stereocenters. The Balaban J connectivity index is 3.65. The summed E-state index contributed by atoms with van der Waals surface area (Å²) >= 11 is 0. The number of rotatable bonds is 1. The van der Waals surface area contributed by atoms with Gasteiger partial charge in [0.25, 0.3) is 0 Å². The van der Waals surface area contributed by atoms with Gasteiger partial charge in [-0.05, 0) is 0 Å². The number of amides is 2. The van der Waals surface area contributed by atoms with E-state index >= 15 is 0 Å². The van der Waals surface area contributed by atoms with E-state index in [0.717, 1.165) is 0 Å². The number of primary amides is 1. The first kappa shape index (κ1) is 10.5. The third kappa shape index (κ3) is 6.65. The molecule has 0 bridgehead atoms. The maximum atomic E-state index is 11.4. The first-order valence-electron chi connectivity index (χ1n) is 2.63. The summed E-state index contributed by atoms with van der Waals surface area (Å²) in [6.07, 6.45) is -7.54. The Hall–Kier alpha value is -1.47. The van der Waals surface area contributed by atoms with E-state index in [9.17, 15) is 22.8 Å². The van der Waals surface area contributed by atoms with Crippen molar-refractivity contribution in [3.8, 4) is 0 Å². The van der Waals surface area contributed by atoms with Gasteiger partial charge in [-0.3, -0.25) is 0 Å². The molecule has 8 heteroatoms. The number of ether oxygens (including phenoxy) is 1. The van der Waals surface area contributed by atoms with Gasteiger partial charge in [0.15, 0.2) is 0 Å². The molecule has 0 saturated carbocycles. The maximum Gasteiger partial charge on any atom is 0.416 e. The van der Waals surface area contributed by atoms with E-state index in [0.29, 0.717) is 0 Å². The van der Waals surface area contributed by atoms with Crippen molar-refractivity contribution in [1.29, 1.82) is 0 Å². The summed E-state index contributed by atoms with van der Waals surface area (Å²) < 4.78 is 37.6. The fourth-order valence-corrected chi connectivity index (χ4v) is 0.300. The molecule has 0 aliphatic carbocycles. The number of nitrogens with two attached hydrogens (primary N) is 1. The summed E-state index contributed by atoms with van der Waals surface area (Å²) in [5.74, 6) is 0. The largest absolute Gasteiger partial charge is 0.416 e. The van der Waals surface area contributed by atoms with Crippen LogP contribution >= 0.6 is 0 Å². The smallest absolute Gasteiger partial charge is 0.360 e. The average molecular weight is 186 g/mol. The second-order valence-corrected chi connectivity index (χ2v) is 1.68. The number of halogens is 3. The predicted octanol–water partition coefficient (Wildman–Crippen LogP) is 0.354. The second-order valence-electron chi connectivity index (χ2n) is 1.68. The Labute approximate surface area is 64.7 Å². The number of carbonyl (C=O) groups excluding carboxylic acids is 2. The lowest BCUT2D eigenvalue weighted by Gasteiger charge is -2.06. The van der Waals surface area contributed by atoms with E-state index in [1.807, 2.05) is 0 Å². The van der Waals surface area contributed by atoms with E-state index in [1.165, 1.54) is 5.32 Å². The third-order valence-corrected chi connectivity index (χ3v) is 0.626. The molecule has 2 amide bonds. The van der Waals surface area contributed by atoms with Crippen molar-refractivity contribution < 1.29 is 27.5 Å². The SMILES string of the molecule is NC(=O)OC(=O)NCC(F)(F)F. The van der Waals surface area contributed by atoms with Crippen LogP contribution < -0.4 is 11.1 Å². The lowest BCUT2D eigenvalue weighted by Crippen LogP contribution is -2.36. The lowest BCUT2D eigenvalue weighted by molar-refractivity contribution is -0.123. The number of alkyl halides is 3. The van der Waals surface area contributed by atoms with Crippen LogP contribution in [-0.4, -0.2) is 24.9 Å². The fourth-order valence-electron chi connectivity index (χ4n) is 0.300. The summed E-state index contributed by atoms with van der Waals surface area (Å²) in [6, 6.07) is 0. The molecule has 0 rings (SSSR count). The van der Waals surface area contributed by atoms with Gasteiger partial charge < -0.3 is 15.8 Å². The Bertz CT molecular complexity index is 190. The molecule has 0 saturated heterocycles. The zero-order valence-corrected chi connectivity index (χ0v) is 5.64. The molecule has 0 aromatic rings. The van der Waals surface area contributed by atoms with Crippen LogP contribution in [0, 0.1) is 0 Å². The number of alkyl carbamates (subject to hydrolysis) is 1. The van der Waals surface area contributed by atoms with Gasteiger partial charge in [-0.1, -0.05) is 0 Å². The highest BCUT2D eigenvalue weighted by molar-refractivity contribution is 5.82. The van der Waals surface area contributed by atoms with Crippen molar-refractivity contribution in [1.82, 2.24) is 5.32 Å². The molecule has 5 nitrogen and oxygen atoms in total. The molecule has 0 aliphatic rings. The van der Waals surface area contributed by atoms with Crippen molar-refractivity contribution >= 4 is 12.2 Å². The van der Waals surface area contributed by atoms with Crippen LogP contribution in [0.4, 0.5) is 22.8 Å². The summed E-state index contributed by atoms with van der Waals surface area (Å²) in [6.45, 7) is -1.57. The number of hydrogen-bond acceptors (Lipinski definition) is 3. The highest BCUT2D eigenvalue weighted by Gasteiger charge is 2.28. The van der Waals surface area contributed by atoms with Gasteiger partial charge in [0, 0.05) is 0 Å². The molecule has 70 valence electrons. The van der Waals surface area contributed by atoms with Crippen molar-refractivity contribution in [3.63, 3.8) is 0 Å². The Kier molecular flexibility index (Phi) is 3.32. The molecular formula is C4H5F3N2O3. The van der Waals surface area contributed by atoms with Crippen LogP contribution in [-0.2, 0) is 4.74 Å². The molecule has 0 heterocycles. The van der Waals surface area contributed by atoms with Gasteiger partial charge in [-0.2, -0.15) is 13.2 Å². The summed E-state index contributed by atoms with van der Waals surface area (Å²) in [7, 11) is 0. The number of nitrogens with one attached hydrogen (secondary N) is 1. The van der Waals surface area contributed by atoms with Crippen LogP contribution in [0.15, 0.2) is 0 Å². The van der Waals surface area contributed by atoms with Gasteiger partial charge in [0.1, 0.15) is 6.54 Å². The molecule has 0 spiro atoms. The average Bonchev–Trinajstić information content (AvgIpc) is 1.80. The van der Waals surface area contributed by atoms with Gasteiger partial charge in [0.2, 0.25) is 0 Å². The predicted molar refractivity (Wildman–Crippen MR) is 30.1 cm³/mol. The van der Waals surface area contributed by atoms with E-state index in [-0.39, 0.29) is 0 Å². The third-order valence-electron chi connectivity index (χ3n) is 0.626. The normalized spacial score (nSPS) is 10.6. The van der Waals surface area contributed by atoms with Crippen molar-refractivity contribution in [2.75, 3.05) is 6.54 Å². The maximum absolute atomic E-state index is 11.4. The first-order chi connectivity index (χ1) is 5.31. The highest BCUT2D eigenvalue weighted by Crippen LogP contribution is 2.11. The van der Waals surface area contributed by atoms with Crippen molar-refractivity contribution in [3.05, 3.63) is 0 Å². The second kappa shape index (κ2) is 3.79. The van der Waals surface area contributed by atoms with Gasteiger partial charge >= 0.3 is 18.4 Å². The van der Waals surface area contributed by atoms with E-state index in [4.69, 9.17) is 0 Å². The van der Waals surface area contributed by atoms with E-state index in [1.54, 1.807) is 0 Å². The van der Waals surface area contributed by atoms with Gasteiger partial charge in [-0.15, -0.1) is 0 Å². The molecule has 0 atom stereocenters. The molecular weight excluding hydrogens is 181 g/mol. The van der Waals surface area contributed by atoms with Crippen molar-refractivity contribution in [2.24, 2.45) is 5.73 Å². The van der Waals surface area contributed by atoms with Gasteiger partial charge in [0.05, 0.1) is 0 Å². The zero-order chi connectivity index (χ0) is 9.78. The molecule has 0 radical (unpaired) electrons. The summed E-state index contributed by atoms with van der Waals surface area (Å²) in [4.78, 5) is 20.0. The minimum atomic E-state index is -4.54. The molecule has 3 N–H and O–H groups in total.